The first kappa shape index (κ1) is 11.7. The number of rotatable bonds is 3. The van der Waals surface area contributed by atoms with Gasteiger partial charge in [-0.25, -0.2) is 9.97 Å². The highest BCUT2D eigenvalue weighted by Gasteiger charge is 2.11. The van der Waals surface area contributed by atoms with Crippen molar-refractivity contribution in [3.05, 3.63) is 22.0 Å². The minimum atomic E-state index is 0.129. The van der Waals surface area contributed by atoms with Gasteiger partial charge < -0.3 is 5.32 Å². The van der Waals surface area contributed by atoms with Crippen molar-refractivity contribution in [3.8, 4) is 10.7 Å². The van der Waals surface area contributed by atoms with Crippen molar-refractivity contribution in [2.45, 2.75) is 32.9 Å². The van der Waals surface area contributed by atoms with Gasteiger partial charge in [0.05, 0.1) is 11.2 Å². The summed E-state index contributed by atoms with van der Waals surface area (Å²) in [5.74, 6) is 0. The lowest BCUT2D eigenvalue weighted by Gasteiger charge is -2.19. The largest absolute Gasteiger partial charge is 0.306 e. The van der Waals surface area contributed by atoms with Gasteiger partial charge >= 0.3 is 0 Å². The third kappa shape index (κ3) is 3.10. The van der Waals surface area contributed by atoms with Gasteiger partial charge in [0.1, 0.15) is 10.7 Å². The normalized spacial score (nSPS) is 11.9. The molecule has 2 aromatic heterocycles. The third-order valence-corrected chi connectivity index (χ3v) is 3.50. The summed E-state index contributed by atoms with van der Waals surface area (Å²) in [6.07, 6.45) is 0. The van der Waals surface area contributed by atoms with Crippen LogP contribution >= 0.6 is 22.7 Å². The van der Waals surface area contributed by atoms with Crippen LogP contribution in [0.5, 0.6) is 0 Å². The Morgan fingerprint density at radius 1 is 1.31 bits per heavy atom. The molecule has 0 aliphatic rings. The fourth-order valence-corrected chi connectivity index (χ4v) is 2.58. The van der Waals surface area contributed by atoms with Gasteiger partial charge in [-0.1, -0.05) is 0 Å². The average molecular weight is 253 g/mol. The van der Waals surface area contributed by atoms with Gasteiger partial charge in [0.15, 0.2) is 0 Å². The first-order valence-electron chi connectivity index (χ1n) is 5.12. The Bertz CT molecular complexity index is 440. The lowest BCUT2D eigenvalue weighted by atomic mass is 10.1. The maximum absolute atomic E-state index is 4.56. The lowest BCUT2D eigenvalue weighted by molar-refractivity contribution is 0.422. The minimum absolute atomic E-state index is 0.129. The Kier molecular flexibility index (Phi) is 3.37. The van der Waals surface area contributed by atoms with Gasteiger partial charge in [0, 0.05) is 22.8 Å². The number of aromatic nitrogens is 2. The average Bonchev–Trinajstić information content (AvgIpc) is 2.84. The Morgan fingerprint density at radius 3 is 2.75 bits per heavy atom. The molecule has 0 bridgehead atoms. The Labute approximate surface area is 104 Å². The van der Waals surface area contributed by atoms with E-state index < -0.39 is 0 Å². The molecule has 0 radical (unpaired) electrons. The van der Waals surface area contributed by atoms with Crippen LogP contribution in [-0.2, 0) is 6.54 Å². The van der Waals surface area contributed by atoms with Gasteiger partial charge in [-0.05, 0) is 20.8 Å². The molecule has 0 aliphatic carbocycles. The van der Waals surface area contributed by atoms with E-state index in [1.165, 1.54) is 0 Å². The summed E-state index contributed by atoms with van der Waals surface area (Å²) in [5.41, 5.74) is 4.04. The van der Waals surface area contributed by atoms with Gasteiger partial charge in [-0.15, -0.1) is 22.7 Å². The predicted molar refractivity (Wildman–Crippen MR) is 69.8 cm³/mol. The van der Waals surface area contributed by atoms with Crippen molar-refractivity contribution in [1.82, 2.24) is 15.3 Å². The Hall–Kier alpha value is -0.780. The summed E-state index contributed by atoms with van der Waals surface area (Å²) in [6.45, 7) is 7.27. The number of hydrogen-bond donors (Lipinski definition) is 1. The molecule has 0 aromatic carbocycles. The SMILES string of the molecule is CC(C)(C)NCc1csc(-c2cscn2)n1. The van der Waals surface area contributed by atoms with E-state index in [0.29, 0.717) is 0 Å². The van der Waals surface area contributed by atoms with Crippen molar-refractivity contribution < 1.29 is 0 Å². The molecular weight excluding hydrogens is 238 g/mol. The zero-order chi connectivity index (χ0) is 11.6. The number of nitrogens with one attached hydrogen (secondary N) is 1. The van der Waals surface area contributed by atoms with Crippen LogP contribution in [0.25, 0.3) is 10.7 Å². The van der Waals surface area contributed by atoms with E-state index in [-0.39, 0.29) is 5.54 Å². The number of hydrogen-bond acceptors (Lipinski definition) is 5. The second kappa shape index (κ2) is 4.61. The smallest absolute Gasteiger partial charge is 0.143 e. The topological polar surface area (TPSA) is 37.8 Å². The van der Waals surface area contributed by atoms with Crippen LogP contribution in [0.3, 0.4) is 0 Å². The number of thiazole rings is 2. The van der Waals surface area contributed by atoms with Gasteiger partial charge in [-0.2, -0.15) is 0 Å². The van der Waals surface area contributed by atoms with E-state index in [1.807, 2.05) is 10.9 Å². The Morgan fingerprint density at radius 2 is 2.12 bits per heavy atom. The Balaban J connectivity index is 2.03. The molecular formula is C11H15N3S2. The van der Waals surface area contributed by atoms with Crippen molar-refractivity contribution in [3.63, 3.8) is 0 Å². The molecule has 2 aromatic rings. The first-order chi connectivity index (χ1) is 7.54. The number of nitrogens with zero attached hydrogens (tertiary/aromatic N) is 2. The van der Waals surface area contributed by atoms with Crippen LogP contribution in [0.1, 0.15) is 26.5 Å². The van der Waals surface area contributed by atoms with Crippen LogP contribution in [0.4, 0.5) is 0 Å². The fourth-order valence-electron chi connectivity index (χ4n) is 1.18. The van der Waals surface area contributed by atoms with Gasteiger partial charge in [0.2, 0.25) is 0 Å². The van der Waals surface area contributed by atoms with Crippen molar-refractivity contribution >= 4 is 22.7 Å². The minimum Gasteiger partial charge on any atom is -0.306 e. The summed E-state index contributed by atoms with van der Waals surface area (Å²) in [7, 11) is 0. The van der Waals surface area contributed by atoms with Crippen LogP contribution in [0.2, 0.25) is 0 Å². The molecule has 2 heterocycles. The molecule has 0 fully saturated rings. The van der Waals surface area contributed by atoms with E-state index in [2.05, 4.69) is 41.4 Å². The second-order valence-electron chi connectivity index (χ2n) is 4.62. The molecule has 3 nitrogen and oxygen atoms in total. The molecule has 16 heavy (non-hydrogen) atoms. The quantitative estimate of drug-likeness (QED) is 0.913. The van der Waals surface area contributed by atoms with Crippen LogP contribution in [0, 0.1) is 0 Å². The van der Waals surface area contributed by atoms with Crippen molar-refractivity contribution in [2.75, 3.05) is 0 Å². The molecule has 0 saturated carbocycles. The van der Waals surface area contributed by atoms with Crippen LogP contribution < -0.4 is 5.32 Å². The molecule has 5 heteroatoms. The summed E-state index contributed by atoms with van der Waals surface area (Å²) in [5, 5.41) is 8.55. The highest BCUT2D eigenvalue weighted by Crippen LogP contribution is 2.23. The predicted octanol–water partition coefficient (Wildman–Crippen LogP) is 3.15. The molecule has 1 N–H and O–H groups in total. The van der Waals surface area contributed by atoms with E-state index >= 15 is 0 Å². The summed E-state index contributed by atoms with van der Waals surface area (Å²) < 4.78 is 0. The first-order valence-corrected chi connectivity index (χ1v) is 6.95. The monoisotopic (exact) mass is 253 g/mol. The highest BCUT2D eigenvalue weighted by molar-refractivity contribution is 7.13. The van der Waals surface area contributed by atoms with E-state index in [0.717, 1.165) is 22.9 Å². The van der Waals surface area contributed by atoms with Gasteiger partial charge in [0.25, 0.3) is 0 Å². The van der Waals surface area contributed by atoms with Crippen LogP contribution in [0.15, 0.2) is 16.3 Å². The molecule has 0 unspecified atom stereocenters. The van der Waals surface area contributed by atoms with Crippen molar-refractivity contribution in [1.29, 1.82) is 0 Å². The molecule has 0 spiro atoms. The molecule has 0 aliphatic heterocycles. The maximum Gasteiger partial charge on any atom is 0.143 e. The highest BCUT2D eigenvalue weighted by atomic mass is 32.1. The summed E-state index contributed by atoms with van der Waals surface area (Å²) >= 11 is 3.25. The zero-order valence-corrected chi connectivity index (χ0v) is 11.3. The molecule has 0 saturated heterocycles. The van der Waals surface area contributed by atoms with E-state index in [4.69, 9.17) is 0 Å². The standard InChI is InChI=1S/C11H15N3S2/c1-11(2,3)13-4-8-5-16-10(14-8)9-6-15-7-12-9/h5-7,13H,4H2,1-3H3. The molecule has 86 valence electrons. The summed E-state index contributed by atoms with van der Waals surface area (Å²) in [6, 6.07) is 0. The molecule has 2 rings (SSSR count). The van der Waals surface area contributed by atoms with Crippen LogP contribution in [-0.4, -0.2) is 15.5 Å². The maximum atomic E-state index is 4.56. The molecule has 0 amide bonds. The van der Waals surface area contributed by atoms with E-state index in [1.54, 1.807) is 22.7 Å². The van der Waals surface area contributed by atoms with E-state index in [9.17, 15) is 0 Å². The lowest BCUT2D eigenvalue weighted by Crippen LogP contribution is -2.35. The van der Waals surface area contributed by atoms with Crippen molar-refractivity contribution in [2.24, 2.45) is 0 Å². The molecule has 0 atom stereocenters. The zero-order valence-electron chi connectivity index (χ0n) is 9.65. The fraction of sp³-hybridized carbons (Fsp3) is 0.455. The second-order valence-corrected chi connectivity index (χ2v) is 6.20. The summed E-state index contributed by atoms with van der Waals surface area (Å²) in [4.78, 5) is 8.81. The van der Waals surface area contributed by atoms with Gasteiger partial charge in [-0.3, -0.25) is 0 Å². The third-order valence-electron chi connectivity index (χ3n) is 2.00.